The van der Waals surface area contributed by atoms with Crippen LogP contribution in [-0.4, -0.2) is 16.7 Å². The zero-order valence-electron chi connectivity index (χ0n) is 13.1. The van der Waals surface area contributed by atoms with Crippen LogP contribution in [0.3, 0.4) is 0 Å². The van der Waals surface area contributed by atoms with Gasteiger partial charge >= 0.3 is 0 Å². The Morgan fingerprint density at radius 2 is 1.67 bits per heavy atom. The summed E-state index contributed by atoms with van der Waals surface area (Å²) in [5.41, 5.74) is 1.000. The molecule has 0 atom stereocenters. The summed E-state index contributed by atoms with van der Waals surface area (Å²) in [7, 11) is 0. The van der Waals surface area contributed by atoms with Crippen molar-refractivity contribution in [1.29, 1.82) is 0 Å². The van der Waals surface area contributed by atoms with E-state index in [2.05, 4.69) is 46.7 Å². The molecule has 3 nitrogen and oxygen atoms in total. The summed E-state index contributed by atoms with van der Waals surface area (Å²) in [6.07, 6.45) is 6.83. The van der Waals surface area contributed by atoms with E-state index in [9.17, 15) is 0 Å². The number of hydrogen-bond donors (Lipinski definition) is 1. The molecule has 1 aliphatic rings. The molecule has 1 aliphatic carbocycles. The number of anilines is 1. The Labute approximate surface area is 127 Å². The first-order valence-corrected chi connectivity index (χ1v) is 8.23. The molecule has 3 heteroatoms. The van der Waals surface area contributed by atoms with Gasteiger partial charge in [0.25, 0.3) is 0 Å². The lowest BCUT2D eigenvalue weighted by Gasteiger charge is -2.28. The van der Waals surface area contributed by atoms with Gasteiger partial charge in [0, 0.05) is 17.3 Å². The van der Waals surface area contributed by atoms with Gasteiger partial charge in [-0.25, -0.2) is 0 Å². The molecule has 0 unspecified atom stereocenters. The van der Waals surface area contributed by atoms with Crippen molar-refractivity contribution in [2.24, 2.45) is 11.8 Å². The molecule has 0 saturated heterocycles. The largest absolute Gasteiger partial charge is 0.368 e. The Bertz CT molecular complexity index is 600. The molecule has 1 saturated carbocycles. The highest BCUT2D eigenvalue weighted by Gasteiger charge is 2.20. The normalized spacial score (nSPS) is 22.4. The maximum Gasteiger partial charge on any atom is 0.156 e. The third kappa shape index (κ3) is 3.17. The lowest BCUT2D eigenvalue weighted by molar-refractivity contribution is 0.278. The highest BCUT2D eigenvalue weighted by atomic mass is 15.2. The predicted octanol–water partition coefficient (Wildman–Crippen LogP) is 4.57. The van der Waals surface area contributed by atoms with Crippen molar-refractivity contribution in [1.82, 2.24) is 10.2 Å². The molecular formula is C18H25N3. The minimum Gasteiger partial charge on any atom is -0.368 e. The Balaban J connectivity index is 1.67. The number of nitrogens with zero attached hydrogens (tertiary/aromatic N) is 2. The van der Waals surface area contributed by atoms with Crippen LogP contribution in [0.2, 0.25) is 0 Å². The SMILES string of the molecule is CCC1CCC(CNc2nnc(C)c3ccccc23)CC1. The standard InChI is InChI=1S/C18H25N3/c1-3-14-8-10-15(11-9-14)12-19-18-17-7-5-4-6-16(17)13(2)20-21-18/h4-7,14-15H,3,8-12H2,1-2H3,(H,19,21). The zero-order chi connectivity index (χ0) is 14.7. The Hall–Kier alpha value is -1.64. The summed E-state index contributed by atoms with van der Waals surface area (Å²) in [5.74, 6) is 2.68. The van der Waals surface area contributed by atoms with Gasteiger partial charge in [0.15, 0.2) is 5.82 Å². The molecule has 112 valence electrons. The molecule has 0 bridgehead atoms. The molecule has 1 aromatic carbocycles. The van der Waals surface area contributed by atoms with Crippen LogP contribution in [0.15, 0.2) is 24.3 Å². The van der Waals surface area contributed by atoms with Crippen LogP contribution in [0.5, 0.6) is 0 Å². The monoisotopic (exact) mass is 283 g/mol. The fraction of sp³-hybridized carbons (Fsp3) is 0.556. The minimum atomic E-state index is 0.787. The van der Waals surface area contributed by atoms with Crippen LogP contribution in [0.1, 0.15) is 44.7 Å². The van der Waals surface area contributed by atoms with E-state index in [-0.39, 0.29) is 0 Å². The van der Waals surface area contributed by atoms with Crippen LogP contribution in [0.4, 0.5) is 5.82 Å². The van der Waals surface area contributed by atoms with Gasteiger partial charge in [0.05, 0.1) is 5.69 Å². The fourth-order valence-corrected chi connectivity index (χ4v) is 3.45. The maximum absolute atomic E-state index is 4.36. The van der Waals surface area contributed by atoms with E-state index in [4.69, 9.17) is 0 Å². The van der Waals surface area contributed by atoms with E-state index in [1.54, 1.807) is 0 Å². The summed E-state index contributed by atoms with van der Waals surface area (Å²) in [6.45, 7) is 5.36. The first-order valence-electron chi connectivity index (χ1n) is 8.23. The molecule has 1 aromatic heterocycles. The summed E-state index contributed by atoms with van der Waals surface area (Å²) < 4.78 is 0. The quantitative estimate of drug-likeness (QED) is 0.893. The molecule has 0 aliphatic heterocycles. The molecule has 1 N–H and O–H groups in total. The van der Waals surface area contributed by atoms with E-state index in [0.717, 1.165) is 29.9 Å². The lowest BCUT2D eigenvalue weighted by Crippen LogP contribution is -2.21. The average molecular weight is 283 g/mol. The van der Waals surface area contributed by atoms with E-state index >= 15 is 0 Å². The van der Waals surface area contributed by atoms with Gasteiger partial charge in [-0.1, -0.05) is 50.5 Å². The third-order valence-electron chi connectivity index (χ3n) is 4.97. The fourth-order valence-electron chi connectivity index (χ4n) is 3.45. The molecule has 1 heterocycles. The lowest BCUT2D eigenvalue weighted by atomic mass is 9.81. The molecule has 0 spiro atoms. The first kappa shape index (κ1) is 14.3. The second kappa shape index (κ2) is 6.42. The highest BCUT2D eigenvalue weighted by molar-refractivity contribution is 5.92. The van der Waals surface area contributed by atoms with E-state index in [0.29, 0.717) is 0 Å². The van der Waals surface area contributed by atoms with Gasteiger partial charge in [0.1, 0.15) is 0 Å². The molecule has 3 rings (SSSR count). The first-order chi connectivity index (χ1) is 10.3. The molecule has 0 amide bonds. The van der Waals surface area contributed by atoms with Crippen molar-refractivity contribution in [2.75, 3.05) is 11.9 Å². The molecule has 2 aromatic rings. The van der Waals surface area contributed by atoms with Crippen molar-refractivity contribution < 1.29 is 0 Å². The van der Waals surface area contributed by atoms with Crippen LogP contribution in [0, 0.1) is 18.8 Å². The smallest absolute Gasteiger partial charge is 0.156 e. The molecular weight excluding hydrogens is 258 g/mol. The highest BCUT2D eigenvalue weighted by Crippen LogP contribution is 2.31. The van der Waals surface area contributed by atoms with Crippen LogP contribution >= 0.6 is 0 Å². The number of hydrogen-bond acceptors (Lipinski definition) is 3. The second-order valence-corrected chi connectivity index (χ2v) is 6.36. The topological polar surface area (TPSA) is 37.8 Å². The summed E-state index contributed by atoms with van der Waals surface area (Å²) >= 11 is 0. The maximum atomic E-state index is 4.36. The van der Waals surface area contributed by atoms with Crippen molar-refractivity contribution in [3.8, 4) is 0 Å². The molecule has 1 fully saturated rings. The molecule has 0 radical (unpaired) electrons. The predicted molar refractivity (Wildman–Crippen MR) is 88.5 cm³/mol. The Morgan fingerprint density at radius 3 is 2.38 bits per heavy atom. The minimum absolute atomic E-state index is 0.787. The third-order valence-corrected chi connectivity index (χ3v) is 4.97. The Kier molecular flexibility index (Phi) is 4.37. The van der Waals surface area contributed by atoms with Gasteiger partial charge in [-0.2, -0.15) is 5.10 Å². The van der Waals surface area contributed by atoms with E-state index in [1.807, 2.05) is 6.92 Å². The van der Waals surface area contributed by atoms with Crippen LogP contribution in [-0.2, 0) is 0 Å². The number of rotatable bonds is 4. The Morgan fingerprint density at radius 1 is 1.00 bits per heavy atom. The van der Waals surface area contributed by atoms with Gasteiger partial charge in [0.2, 0.25) is 0 Å². The van der Waals surface area contributed by atoms with E-state index < -0.39 is 0 Å². The summed E-state index contributed by atoms with van der Waals surface area (Å²) in [4.78, 5) is 0. The molecule has 21 heavy (non-hydrogen) atoms. The van der Waals surface area contributed by atoms with Crippen molar-refractivity contribution >= 4 is 16.6 Å². The number of nitrogens with one attached hydrogen (secondary N) is 1. The summed E-state index contributed by atoms with van der Waals surface area (Å²) in [6, 6.07) is 8.39. The van der Waals surface area contributed by atoms with Crippen molar-refractivity contribution in [3.05, 3.63) is 30.0 Å². The van der Waals surface area contributed by atoms with Crippen molar-refractivity contribution in [2.45, 2.75) is 46.0 Å². The summed E-state index contributed by atoms with van der Waals surface area (Å²) in [5, 5.41) is 14.6. The number of aryl methyl sites for hydroxylation is 1. The van der Waals surface area contributed by atoms with Gasteiger partial charge < -0.3 is 5.32 Å². The zero-order valence-corrected chi connectivity index (χ0v) is 13.1. The van der Waals surface area contributed by atoms with Gasteiger partial charge in [-0.05, 0) is 31.6 Å². The van der Waals surface area contributed by atoms with E-state index in [1.165, 1.54) is 42.9 Å². The van der Waals surface area contributed by atoms with Gasteiger partial charge in [-0.15, -0.1) is 5.10 Å². The van der Waals surface area contributed by atoms with Crippen LogP contribution in [0.25, 0.3) is 10.8 Å². The van der Waals surface area contributed by atoms with Crippen LogP contribution < -0.4 is 5.32 Å². The number of aromatic nitrogens is 2. The van der Waals surface area contributed by atoms with Gasteiger partial charge in [-0.3, -0.25) is 0 Å². The second-order valence-electron chi connectivity index (χ2n) is 6.36. The van der Waals surface area contributed by atoms with Crippen molar-refractivity contribution in [3.63, 3.8) is 0 Å². The number of fused-ring (bicyclic) bond motifs is 1. The average Bonchev–Trinajstić information content (AvgIpc) is 2.55. The number of benzene rings is 1.